The summed E-state index contributed by atoms with van der Waals surface area (Å²) >= 11 is 0. The van der Waals surface area contributed by atoms with Crippen LogP contribution in [0.5, 0.6) is 0 Å². The third-order valence-corrected chi connectivity index (χ3v) is 3.13. The Labute approximate surface area is 118 Å². The Kier molecular flexibility index (Phi) is 7.62. The molecule has 0 spiro atoms. The van der Waals surface area contributed by atoms with Crippen LogP contribution in [0.1, 0.15) is 52.9 Å². The highest BCUT2D eigenvalue weighted by atomic mass is 19.4. The largest absolute Gasteiger partial charge is 0.406 e. The SMILES string of the molecule is CCCN(CC(F)(F)F)C(=O)C(C#N)(CCC)CCC. The smallest absolute Gasteiger partial charge is 0.332 e. The Morgan fingerprint density at radius 1 is 1.10 bits per heavy atom. The van der Waals surface area contributed by atoms with Crippen LogP contribution in [0.25, 0.3) is 0 Å². The molecule has 0 saturated heterocycles. The zero-order valence-electron chi connectivity index (χ0n) is 12.4. The van der Waals surface area contributed by atoms with Crippen molar-refractivity contribution in [3.63, 3.8) is 0 Å². The lowest BCUT2D eigenvalue weighted by Gasteiger charge is -2.32. The number of rotatable bonds is 8. The van der Waals surface area contributed by atoms with Gasteiger partial charge in [-0.3, -0.25) is 4.79 Å². The minimum absolute atomic E-state index is 0.0230. The highest BCUT2D eigenvalue weighted by Crippen LogP contribution is 2.32. The van der Waals surface area contributed by atoms with Crippen LogP contribution in [0.4, 0.5) is 13.2 Å². The first-order valence-electron chi connectivity index (χ1n) is 7.03. The van der Waals surface area contributed by atoms with E-state index in [9.17, 15) is 23.2 Å². The molecule has 0 radical (unpaired) electrons. The lowest BCUT2D eigenvalue weighted by molar-refractivity contribution is -0.166. The van der Waals surface area contributed by atoms with Gasteiger partial charge in [0.1, 0.15) is 12.0 Å². The van der Waals surface area contributed by atoms with Crippen molar-refractivity contribution in [2.75, 3.05) is 13.1 Å². The summed E-state index contributed by atoms with van der Waals surface area (Å²) in [4.78, 5) is 13.2. The van der Waals surface area contributed by atoms with E-state index in [4.69, 9.17) is 0 Å². The minimum Gasteiger partial charge on any atom is -0.332 e. The molecule has 0 aliphatic carbocycles. The predicted molar refractivity (Wildman–Crippen MR) is 70.8 cm³/mol. The molecule has 116 valence electrons. The fourth-order valence-electron chi connectivity index (χ4n) is 2.39. The molecule has 0 heterocycles. The van der Waals surface area contributed by atoms with Crippen LogP contribution in [0, 0.1) is 16.7 Å². The highest BCUT2D eigenvalue weighted by Gasteiger charge is 2.43. The molecule has 0 aromatic heterocycles. The molecule has 0 aliphatic heterocycles. The molecule has 0 saturated carbocycles. The van der Waals surface area contributed by atoms with Gasteiger partial charge in [0, 0.05) is 6.54 Å². The fourth-order valence-corrected chi connectivity index (χ4v) is 2.39. The minimum atomic E-state index is -4.44. The van der Waals surface area contributed by atoms with Gasteiger partial charge in [0.25, 0.3) is 0 Å². The number of halogens is 3. The highest BCUT2D eigenvalue weighted by molar-refractivity contribution is 5.85. The Morgan fingerprint density at radius 2 is 1.60 bits per heavy atom. The molecule has 0 bridgehead atoms. The molecule has 0 unspecified atom stereocenters. The van der Waals surface area contributed by atoms with Gasteiger partial charge < -0.3 is 4.90 Å². The number of carbonyl (C=O) groups is 1. The second kappa shape index (κ2) is 8.13. The predicted octanol–water partition coefficient (Wildman–Crippen LogP) is 3.90. The monoisotopic (exact) mass is 292 g/mol. The summed E-state index contributed by atoms with van der Waals surface area (Å²) in [6.45, 7) is 4.10. The molecular weight excluding hydrogens is 269 g/mol. The zero-order chi connectivity index (χ0) is 15.8. The number of hydrogen-bond acceptors (Lipinski definition) is 2. The second-order valence-electron chi connectivity index (χ2n) is 5.04. The average Bonchev–Trinajstić information content (AvgIpc) is 2.35. The first kappa shape index (κ1) is 18.8. The zero-order valence-corrected chi connectivity index (χ0v) is 12.4. The second-order valence-corrected chi connectivity index (χ2v) is 5.04. The van der Waals surface area contributed by atoms with Gasteiger partial charge in [0.15, 0.2) is 0 Å². The first-order valence-corrected chi connectivity index (χ1v) is 7.03. The molecule has 6 heteroatoms. The molecular formula is C14H23F3N2O. The van der Waals surface area contributed by atoms with E-state index in [0.717, 1.165) is 4.90 Å². The lowest BCUT2D eigenvalue weighted by Crippen LogP contribution is -2.47. The van der Waals surface area contributed by atoms with Crippen LogP contribution in [-0.4, -0.2) is 30.1 Å². The molecule has 0 aromatic rings. The van der Waals surface area contributed by atoms with Gasteiger partial charge in [-0.05, 0) is 19.3 Å². The van der Waals surface area contributed by atoms with Crippen LogP contribution >= 0.6 is 0 Å². The van der Waals surface area contributed by atoms with Crippen LogP contribution in [0.2, 0.25) is 0 Å². The maximum absolute atomic E-state index is 12.6. The van der Waals surface area contributed by atoms with Crippen LogP contribution in [-0.2, 0) is 4.79 Å². The van der Waals surface area contributed by atoms with E-state index in [1.165, 1.54) is 0 Å². The van der Waals surface area contributed by atoms with Gasteiger partial charge >= 0.3 is 6.18 Å². The Morgan fingerprint density at radius 3 is 1.90 bits per heavy atom. The Hall–Kier alpha value is -1.25. The number of nitrogens with zero attached hydrogens (tertiary/aromatic N) is 2. The van der Waals surface area contributed by atoms with Crippen LogP contribution in [0.15, 0.2) is 0 Å². The molecule has 0 N–H and O–H groups in total. The van der Waals surface area contributed by atoms with Crippen molar-refractivity contribution in [2.24, 2.45) is 5.41 Å². The van der Waals surface area contributed by atoms with E-state index in [0.29, 0.717) is 32.1 Å². The number of amides is 1. The molecule has 1 amide bonds. The fraction of sp³-hybridized carbons (Fsp3) is 0.857. The molecule has 0 fully saturated rings. The van der Waals surface area contributed by atoms with Gasteiger partial charge in [-0.25, -0.2) is 0 Å². The molecule has 0 rings (SSSR count). The first-order chi connectivity index (χ1) is 9.26. The number of carbonyl (C=O) groups excluding carboxylic acids is 1. The van der Waals surface area contributed by atoms with Crippen molar-refractivity contribution >= 4 is 5.91 Å². The number of hydrogen-bond donors (Lipinski definition) is 0. The van der Waals surface area contributed by atoms with Crippen LogP contribution in [0.3, 0.4) is 0 Å². The Balaban J connectivity index is 5.30. The van der Waals surface area contributed by atoms with Crippen molar-refractivity contribution in [1.29, 1.82) is 5.26 Å². The van der Waals surface area contributed by atoms with E-state index in [2.05, 4.69) is 0 Å². The number of alkyl halides is 3. The van der Waals surface area contributed by atoms with Gasteiger partial charge in [0.2, 0.25) is 5.91 Å². The summed E-state index contributed by atoms with van der Waals surface area (Å²) in [6.07, 6.45) is -2.23. The molecule has 0 aromatic carbocycles. The summed E-state index contributed by atoms with van der Waals surface area (Å²) < 4.78 is 37.7. The number of nitriles is 1. The third-order valence-electron chi connectivity index (χ3n) is 3.13. The summed E-state index contributed by atoms with van der Waals surface area (Å²) in [5, 5.41) is 9.35. The Bertz CT molecular complexity index is 341. The summed E-state index contributed by atoms with van der Waals surface area (Å²) in [5.41, 5.74) is -1.32. The molecule has 20 heavy (non-hydrogen) atoms. The van der Waals surface area contributed by atoms with Crippen molar-refractivity contribution in [2.45, 2.75) is 59.1 Å². The summed E-state index contributed by atoms with van der Waals surface area (Å²) in [6, 6.07) is 1.98. The van der Waals surface area contributed by atoms with E-state index < -0.39 is 24.0 Å². The third kappa shape index (κ3) is 5.40. The standard InChI is InChI=1S/C14H23F3N2O/c1-4-7-13(10-18,8-5-2)12(20)19(9-6-3)11-14(15,16)17/h4-9,11H2,1-3H3. The summed E-state index contributed by atoms with van der Waals surface area (Å²) in [7, 11) is 0. The maximum atomic E-state index is 12.6. The van der Waals surface area contributed by atoms with Gasteiger partial charge in [-0.1, -0.05) is 33.6 Å². The quantitative estimate of drug-likeness (QED) is 0.681. The van der Waals surface area contributed by atoms with Gasteiger partial charge in [-0.15, -0.1) is 0 Å². The summed E-state index contributed by atoms with van der Waals surface area (Å²) in [5.74, 6) is -0.678. The van der Waals surface area contributed by atoms with E-state index >= 15 is 0 Å². The van der Waals surface area contributed by atoms with Gasteiger partial charge in [-0.2, -0.15) is 18.4 Å². The molecule has 0 aliphatic rings. The van der Waals surface area contributed by atoms with Crippen molar-refractivity contribution in [3.8, 4) is 6.07 Å². The van der Waals surface area contributed by atoms with Crippen LogP contribution < -0.4 is 0 Å². The molecule has 3 nitrogen and oxygen atoms in total. The van der Waals surface area contributed by atoms with E-state index in [1.54, 1.807) is 6.92 Å². The van der Waals surface area contributed by atoms with E-state index in [-0.39, 0.29) is 6.54 Å². The van der Waals surface area contributed by atoms with Crippen molar-refractivity contribution in [3.05, 3.63) is 0 Å². The maximum Gasteiger partial charge on any atom is 0.406 e. The van der Waals surface area contributed by atoms with Crippen molar-refractivity contribution in [1.82, 2.24) is 4.90 Å². The van der Waals surface area contributed by atoms with Crippen molar-refractivity contribution < 1.29 is 18.0 Å². The van der Waals surface area contributed by atoms with E-state index in [1.807, 2.05) is 19.9 Å². The normalized spacial score (nSPS) is 12.1. The molecule has 0 atom stereocenters. The van der Waals surface area contributed by atoms with Gasteiger partial charge in [0.05, 0.1) is 6.07 Å². The average molecular weight is 292 g/mol. The topological polar surface area (TPSA) is 44.1 Å². The lowest BCUT2D eigenvalue weighted by atomic mass is 9.79.